The van der Waals surface area contributed by atoms with E-state index in [1.165, 1.54) is 5.01 Å². The van der Waals surface area contributed by atoms with Crippen molar-refractivity contribution in [2.24, 2.45) is 0 Å². The van der Waals surface area contributed by atoms with Gasteiger partial charge in [-0.15, -0.1) is 0 Å². The molecule has 1 amide bonds. The van der Waals surface area contributed by atoms with Crippen molar-refractivity contribution in [3.05, 3.63) is 35.4 Å². The van der Waals surface area contributed by atoms with Crippen molar-refractivity contribution >= 4 is 5.91 Å². The van der Waals surface area contributed by atoms with Crippen LogP contribution in [0.4, 0.5) is 8.78 Å². The normalized spacial score (nSPS) is 17.0. The summed E-state index contributed by atoms with van der Waals surface area (Å²) in [6, 6.07) is 3.23. The third kappa shape index (κ3) is 2.15. The van der Waals surface area contributed by atoms with Crippen molar-refractivity contribution in [2.45, 2.75) is 18.3 Å². The van der Waals surface area contributed by atoms with Crippen LogP contribution in [0.5, 0.6) is 0 Å². The minimum absolute atomic E-state index is 0.150. The molecule has 3 nitrogen and oxygen atoms in total. The maximum atomic E-state index is 13.6. The predicted molar refractivity (Wildman–Crippen MR) is 59.1 cm³/mol. The lowest BCUT2D eigenvalue weighted by Gasteiger charge is -2.19. The molecule has 0 atom stereocenters. The molecule has 1 fully saturated rings. The first-order valence-electron chi connectivity index (χ1n) is 5.40. The molecular formula is C12H14F2N2O. The highest BCUT2D eigenvalue weighted by atomic mass is 19.1. The van der Waals surface area contributed by atoms with Crippen LogP contribution in [0.15, 0.2) is 18.2 Å². The largest absolute Gasteiger partial charge is 0.289 e. The molecule has 0 aliphatic heterocycles. The van der Waals surface area contributed by atoms with Crippen LogP contribution in [-0.4, -0.2) is 25.0 Å². The van der Waals surface area contributed by atoms with Crippen molar-refractivity contribution < 1.29 is 13.6 Å². The van der Waals surface area contributed by atoms with Crippen molar-refractivity contribution in [2.75, 3.05) is 14.1 Å². The summed E-state index contributed by atoms with van der Waals surface area (Å²) in [7, 11) is 3.35. The van der Waals surface area contributed by atoms with E-state index in [9.17, 15) is 13.6 Å². The zero-order chi connectivity index (χ0) is 12.6. The molecule has 0 spiro atoms. The maximum Gasteiger partial charge on any atom is 0.245 e. The molecule has 17 heavy (non-hydrogen) atoms. The van der Waals surface area contributed by atoms with Gasteiger partial charge in [-0.1, -0.05) is 0 Å². The van der Waals surface area contributed by atoms with E-state index in [0.29, 0.717) is 12.8 Å². The van der Waals surface area contributed by atoms with E-state index >= 15 is 0 Å². The van der Waals surface area contributed by atoms with Gasteiger partial charge in [-0.05, 0) is 31.0 Å². The average molecular weight is 240 g/mol. The lowest BCUT2D eigenvalue weighted by atomic mass is 9.94. The molecule has 2 rings (SSSR count). The standard InChI is InChI=1S/C12H14F2N2O/c1-16(2)15-11(17)12(5-6-12)9-7-8(13)3-4-10(9)14/h3-4,7H,5-6H2,1-2H3,(H,15,17). The molecule has 92 valence electrons. The van der Waals surface area contributed by atoms with Crippen molar-refractivity contribution in [1.29, 1.82) is 0 Å². The van der Waals surface area contributed by atoms with Crippen LogP contribution in [0, 0.1) is 11.6 Å². The molecule has 1 aliphatic rings. The van der Waals surface area contributed by atoms with Crippen molar-refractivity contribution in [3.63, 3.8) is 0 Å². The Balaban J connectivity index is 2.32. The molecule has 1 aliphatic carbocycles. The first-order chi connectivity index (χ1) is 7.95. The van der Waals surface area contributed by atoms with Gasteiger partial charge in [0.2, 0.25) is 5.91 Å². The highest BCUT2D eigenvalue weighted by Crippen LogP contribution is 2.49. The Hall–Kier alpha value is -1.49. The zero-order valence-electron chi connectivity index (χ0n) is 9.76. The van der Waals surface area contributed by atoms with Crippen LogP contribution >= 0.6 is 0 Å². The number of halogens is 2. The van der Waals surface area contributed by atoms with E-state index in [0.717, 1.165) is 18.2 Å². The molecule has 0 heterocycles. The van der Waals surface area contributed by atoms with Gasteiger partial charge >= 0.3 is 0 Å². The van der Waals surface area contributed by atoms with Gasteiger partial charge in [0.15, 0.2) is 0 Å². The summed E-state index contributed by atoms with van der Waals surface area (Å²) in [6.07, 6.45) is 1.10. The van der Waals surface area contributed by atoms with E-state index in [1.807, 2.05) is 0 Å². The molecule has 0 radical (unpaired) electrons. The van der Waals surface area contributed by atoms with Gasteiger partial charge in [-0.3, -0.25) is 10.2 Å². The van der Waals surface area contributed by atoms with E-state index in [2.05, 4.69) is 5.43 Å². The van der Waals surface area contributed by atoms with Crippen molar-refractivity contribution in [3.8, 4) is 0 Å². The number of nitrogens with zero attached hydrogens (tertiary/aromatic N) is 1. The number of nitrogens with one attached hydrogen (secondary N) is 1. The number of hydrogen-bond acceptors (Lipinski definition) is 2. The topological polar surface area (TPSA) is 32.3 Å². The van der Waals surface area contributed by atoms with Gasteiger partial charge in [0.05, 0.1) is 5.41 Å². The Morgan fingerprint density at radius 1 is 1.35 bits per heavy atom. The Bertz CT molecular complexity index is 456. The molecular weight excluding hydrogens is 226 g/mol. The smallest absolute Gasteiger partial charge is 0.245 e. The SMILES string of the molecule is CN(C)NC(=O)C1(c2cc(F)ccc2F)CC1. The Morgan fingerprint density at radius 3 is 2.53 bits per heavy atom. The lowest BCUT2D eigenvalue weighted by Crippen LogP contribution is -2.43. The summed E-state index contributed by atoms with van der Waals surface area (Å²) in [4.78, 5) is 12.0. The van der Waals surface area contributed by atoms with Gasteiger partial charge < -0.3 is 0 Å². The fraction of sp³-hybridized carbons (Fsp3) is 0.417. The summed E-state index contributed by atoms with van der Waals surface area (Å²) in [5.41, 5.74) is 1.85. The number of amides is 1. The third-order valence-electron chi connectivity index (χ3n) is 2.95. The van der Waals surface area contributed by atoms with Crippen LogP contribution in [0.3, 0.4) is 0 Å². The molecule has 1 aromatic carbocycles. The van der Waals surface area contributed by atoms with Gasteiger partial charge in [0.1, 0.15) is 11.6 Å². The Morgan fingerprint density at radius 2 is 2.00 bits per heavy atom. The predicted octanol–water partition coefficient (Wildman–Crippen LogP) is 1.59. The zero-order valence-corrected chi connectivity index (χ0v) is 9.76. The van der Waals surface area contributed by atoms with Crippen LogP contribution in [0.1, 0.15) is 18.4 Å². The van der Waals surface area contributed by atoms with Gasteiger partial charge in [-0.2, -0.15) is 0 Å². The van der Waals surface area contributed by atoms with Crippen LogP contribution in [0.25, 0.3) is 0 Å². The minimum atomic E-state index is -0.892. The van der Waals surface area contributed by atoms with Gasteiger partial charge in [0.25, 0.3) is 0 Å². The fourth-order valence-electron chi connectivity index (χ4n) is 1.92. The summed E-state index contributed by atoms with van der Waals surface area (Å²) in [5.74, 6) is -1.34. The molecule has 1 N–H and O–H groups in total. The van der Waals surface area contributed by atoms with Crippen LogP contribution in [-0.2, 0) is 10.2 Å². The van der Waals surface area contributed by atoms with E-state index in [1.54, 1.807) is 14.1 Å². The number of hydrogen-bond donors (Lipinski definition) is 1. The quantitative estimate of drug-likeness (QED) is 0.814. The highest BCUT2D eigenvalue weighted by Gasteiger charge is 2.53. The van der Waals surface area contributed by atoms with Gasteiger partial charge in [-0.25, -0.2) is 13.8 Å². The summed E-state index contributed by atoms with van der Waals surface area (Å²) in [6.45, 7) is 0. The molecule has 0 unspecified atom stereocenters. The molecule has 0 saturated heterocycles. The third-order valence-corrected chi connectivity index (χ3v) is 2.95. The second kappa shape index (κ2) is 4.07. The highest BCUT2D eigenvalue weighted by molar-refractivity contribution is 5.90. The summed E-state index contributed by atoms with van der Waals surface area (Å²) < 4.78 is 26.8. The summed E-state index contributed by atoms with van der Waals surface area (Å²) in [5, 5.41) is 1.50. The molecule has 0 aromatic heterocycles. The van der Waals surface area contributed by atoms with E-state index < -0.39 is 17.0 Å². The minimum Gasteiger partial charge on any atom is -0.289 e. The number of carbonyl (C=O) groups excluding carboxylic acids is 1. The molecule has 5 heteroatoms. The van der Waals surface area contributed by atoms with E-state index in [-0.39, 0.29) is 11.5 Å². The number of hydrazine groups is 1. The number of benzene rings is 1. The van der Waals surface area contributed by atoms with E-state index in [4.69, 9.17) is 0 Å². The van der Waals surface area contributed by atoms with Crippen LogP contribution < -0.4 is 5.43 Å². The second-order valence-electron chi connectivity index (χ2n) is 4.54. The number of carbonyl (C=O) groups is 1. The monoisotopic (exact) mass is 240 g/mol. The van der Waals surface area contributed by atoms with Gasteiger partial charge in [0, 0.05) is 19.7 Å². The molecule has 0 bridgehead atoms. The van der Waals surface area contributed by atoms with Crippen molar-refractivity contribution in [1.82, 2.24) is 10.4 Å². The molecule has 1 saturated carbocycles. The molecule has 1 aromatic rings. The number of rotatable bonds is 3. The fourth-order valence-corrected chi connectivity index (χ4v) is 1.92. The van der Waals surface area contributed by atoms with Crippen LogP contribution in [0.2, 0.25) is 0 Å². The first-order valence-corrected chi connectivity index (χ1v) is 5.40. The average Bonchev–Trinajstić information content (AvgIpc) is 3.01. The summed E-state index contributed by atoms with van der Waals surface area (Å²) >= 11 is 0. The Labute approximate surface area is 98.4 Å². The Kier molecular flexibility index (Phi) is 2.87. The lowest BCUT2D eigenvalue weighted by molar-refractivity contribution is -0.127. The first kappa shape index (κ1) is 12.0. The second-order valence-corrected chi connectivity index (χ2v) is 4.54. The maximum absolute atomic E-state index is 13.6.